The highest BCUT2D eigenvalue weighted by Crippen LogP contribution is 2.39. The molecule has 27 heavy (non-hydrogen) atoms. The van der Waals surface area contributed by atoms with Crippen LogP contribution >= 0.6 is 0 Å². The van der Waals surface area contributed by atoms with Crippen molar-refractivity contribution in [3.8, 4) is 0 Å². The lowest BCUT2D eigenvalue weighted by molar-refractivity contribution is 0.115. The third kappa shape index (κ3) is 7.34. The first-order valence-corrected chi connectivity index (χ1v) is 14.0. The summed E-state index contributed by atoms with van der Waals surface area (Å²) in [6.07, 6.45) is 11.2. The number of rotatable bonds is 13. The van der Waals surface area contributed by atoms with Gasteiger partial charge in [0.25, 0.3) is 0 Å². The van der Waals surface area contributed by atoms with Gasteiger partial charge < -0.3 is 15.9 Å². The van der Waals surface area contributed by atoms with Crippen molar-refractivity contribution in [1.29, 1.82) is 0 Å². The molecule has 4 N–H and O–H groups in total. The topological polar surface area (TPSA) is 66.5 Å². The van der Waals surface area contributed by atoms with E-state index in [4.69, 9.17) is 5.73 Å². The number of hydrogen-bond acceptors (Lipinski definition) is 3. The first-order valence-electron chi connectivity index (χ1n) is 11.1. The first kappa shape index (κ1) is 22.6. The minimum Gasteiger partial charge on any atom is -0.394 e. The van der Waals surface area contributed by atoms with Crippen LogP contribution in [0.3, 0.4) is 0 Å². The molecule has 0 saturated carbocycles. The molecule has 154 valence electrons. The van der Waals surface area contributed by atoms with Crippen molar-refractivity contribution in [3.63, 3.8) is 0 Å². The molecule has 0 spiro atoms. The lowest BCUT2D eigenvalue weighted by Crippen LogP contribution is -2.47. The van der Waals surface area contributed by atoms with Gasteiger partial charge in [-0.25, -0.2) is 0 Å². The van der Waals surface area contributed by atoms with Crippen LogP contribution in [0.25, 0.3) is 0 Å². The largest absolute Gasteiger partial charge is 0.394 e. The van der Waals surface area contributed by atoms with Gasteiger partial charge in [-0.2, -0.15) is 0 Å². The number of unbranched alkanes of at least 4 members (excludes halogenated alkanes) is 2. The Morgan fingerprint density at radius 2 is 1.44 bits per heavy atom. The van der Waals surface area contributed by atoms with E-state index in [-0.39, 0.29) is 13.2 Å². The predicted octanol–water partition coefficient (Wildman–Crippen LogP) is 4.67. The van der Waals surface area contributed by atoms with Crippen LogP contribution in [0.1, 0.15) is 63.0 Å². The molecule has 0 bridgehead atoms. The molecule has 4 heteroatoms. The molecule has 0 aliphatic carbocycles. The van der Waals surface area contributed by atoms with Gasteiger partial charge in [0, 0.05) is 0 Å². The normalized spacial score (nSPS) is 16.7. The van der Waals surface area contributed by atoms with E-state index in [1.807, 2.05) is 0 Å². The van der Waals surface area contributed by atoms with Crippen LogP contribution < -0.4 is 5.73 Å². The van der Waals surface area contributed by atoms with Crippen LogP contribution in [0.4, 0.5) is 0 Å². The van der Waals surface area contributed by atoms with E-state index in [1.165, 1.54) is 56.1 Å². The van der Waals surface area contributed by atoms with E-state index in [1.54, 1.807) is 24.2 Å². The highest BCUT2D eigenvalue weighted by atomic mass is 28.3. The second-order valence-electron chi connectivity index (χ2n) is 9.01. The van der Waals surface area contributed by atoms with E-state index >= 15 is 0 Å². The van der Waals surface area contributed by atoms with Crippen LogP contribution in [0, 0.1) is 0 Å². The fraction of sp³-hybridized carbons (Fsp3) is 0.739. The summed E-state index contributed by atoms with van der Waals surface area (Å²) < 4.78 is 0. The van der Waals surface area contributed by atoms with Gasteiger partial charge in [-0.05, 0) is 36.8 Å². The zero-order valence-corrected chi connectivity index (χ0v) is 18.4. The van der Waals surface area contributed by atoms with E-state index in [2.05, 4.69) is 31.2 Å². The summed E-state index contributed by atoms with van der Waals surface area (Å²) in [4.78, 5) is 0. The smallest absolute Gasteiger partial charge is 0.0633 e. The lowest BCUT2D eigenvalue weighted by atomic mass is 9.93. The van der Waals surface area contributed by atoms with E-state index in [0.717, 1.165) is 6.42 Å². The number of aryl methyl sites for hydroxylation is 2. The number of nitrogens with two attached hydrogens (primary N) is 1. The minimum atomic E-state index is -0.889. The number of aliphatic hydroxyl groups is 2. The summed E-state index contributed by atoms with van der Waals surface area (Å²) in [5.74, 6) is 0. The highest BCUT2D eigenvalue weighted by Gasteiger charge is 2.34. The fourth-order valence-corrected chi connectivity index (χ4v) is 10.2. The average molecular weight is 392 g/mol. The molecule has 1 heterocycles. The quantitative estimate of drug-likeness (QED) is 0.338. The van der Waals surface area contributed by atoms with Crippen molar-refractivity contribution in [2.45, 2.75) is 94.4 Å². The molecule has 2 rings (SSSR count). The molecule has 0 atom stereocenters. The van der Waals surface area contributed by atoms with E-state index in [0.29, 0.717) is 6.42 Å². The molecule has 0 radical (unpaired) electrons. The van der Waals surface area contributed by atoms with Crippen LogP contribution in [-0.2, 0) is 12.8 Å². The van der Waals surface area contributed by atoms with Crippen molar-refractivity contribution in [2.24, 2.45) is 5.73 Å². The standard InChI is InChI=1S/C23H41NO2Si/c1-2-3-15-27(17-6-7-18-27)16-5-4-8-21-9-11-22(12-10-21)13-14-23(24,19-25)20-26/h9-12,25-26H,2-8,13-20,24H2,1H3. The second-order valence-corrected chi connectivity index (χ2v) is 14.0. The van der Waals surface area contributed by atoms with Crippen LogP contribution in [0.15, 0.2) is 24.3 Å². The Hall–Kier alpha value is -0.683. The molecule has 0 amide bonds. The second kappa shape index (κ2) is 11.4. The van der Waals surface area contributed by atoms with Crippen LogP contribution in [0.2, 0.25) is 24.2 Å². The maximum Gasteiger partial charge on any atom is 0.0633 e. The maximum atomic E-state index is 9.29. The van der Waals surface area contributed by atoms with E-state index < -0.39 is 13.6 Å². The summed E-state index contributed by atoms with van der Waals surface area (Å²) >= 11 is 0. The Kier molecular flexibility index (Phi) is 9.50. The molecule has 1 aromatic rings. The van der Waals surface area contributed by atoms with Gasteiger partial charge in [0.05, 0.1) is 26.8 Å². The molecule has 1 aliphatic heterocycles. The lowest BCUT2D eigenvalue weighted by Gasteiger charge is -2.26. The monoisotopic (exact) mass is 391 g/mol. The number of hydrogen-bond donors (Lipinski definition) is 3. The Balaban J connectivity index is 1.72. The molecule has 0 aromatic heterocycles. The summed E-state index contributed by atoms with van der Waals surface area (Å²) in [6, 6.07) is 15.2. The van der Waals surface area contributed by atoms with Crippen molar-refractivity contribution >= 4 is 8.07 Å². The molecule has 1 aliphatic rings. The molecule has 3 nitrogen and oxygen atoms in total. The van der Waals surface area contributed by atoms with Crippen LogP contribution in [0.5, 0.6) is 0 Å². The van der Waals surface area contributed by atoms with Crippen molar-refractivity contribution in [1.82, 2.24) is 0 Å². The SMILES string of the molecule is CCCC[Si]1(CCCCc2ccc(CCC(N)(CO)CO)cc2)CCCC1. The average Bonchev–Trinajstić information content (AvgIpc) is 3.18. The van der Waals surface area contributed by atoms with Crippen molar-refractivity contribution in [3.05, 3.63) is 35.4 Å². The first-order chi connectivity index (χ1) is 13.0. The van der Waals surface area contributed by atoms with Crippen LogP contribution in [-0.4, -0.2) is 37.0 Å². The van der Waals surface area contributed by atoms with Gasteiger partial charge in [0.15, 0.2) is 0 Å². The number of benzene rings is 1. The molecular weight excluding hydrogens is 350 g/mol. The molecule has 1 fully saturated rings. The Morgan fingerprint density at radius 3 is 2.00 bits per heavy atom. The molecular formula is C23H41NO2Si. The third-order valence-corrected chi connectivity index (χ3v) is 12.4. The Morgan fingerprint density at radius 1 is 0.889 bits per heavy atom. The number of aliphatic hydroxyl groups excluding tert-OH is 2. The molecule has 1 saturated heterocycles. The zero-order valence-electron chi connectivity index (χ0n) is 17.4. The van der Waals surface area contributed by atoms with Gasteiger partial charge in [-0.15, -0.1) is 0 Å². The van der Waals surface area contributed by atoms with Crippen molar-refractivity contribution in [2.75, 3.05) is 13.2 Å². The zero-order chi connectivity index (χ0) is 19.6. The summed E-state index contributed by atoms with van der Waals surface area (Å²) in [6.45, 7) is 1.98. The minimum absolute atomic E-state index is 0.176. The van der Waals surface area contributed by atoms with Gasteiger partial charge >= 0.3 is 0 Å². The van der Waals surface area contributed by atoms with Gasteiger partial charge in [-0.3, -0.25) is 0 Å². The van der Waals surface area contributed by atoms with Gasteiger partial charge in [0.2, 0.25) is 0 Å². The Bertz CT molecular complexity index is 522. The third-order valence-electron chi connectivity index (χ3n) is 6.71. The highest BCUT2D eigenvalue weighted by molar-refractivity contribution is 6.80. The summed E-state index contributed by atoms with van der Waals surface area (Å²) in [7, 11) is -0.889. The Labute approximate surface area is 167 Å². The van der Waals surface area contributed by atoms with Gasteiger partial charge in [-0.1, -0.05) is 87.5 Å². The maximum absolute atomic E-state index is 9.29. The summed E-state index contributed by atoms with van der Waals surface area (Å²) in [5.41, 5.74) is 7.74. The molecule has 1 aromatic carbocycles. The summed E-state index contributed by atoms with van der Waals surface area (Å²) in [5, 5.41) is 18.6. The van der Waals surface area contributed by atoms with Gasteiger partial charge in [0.1, 0.15) is 0 Å². The fourth-order valence-electron chi connectivity index (χ4n) is 4.60. The van der Waals surface area contributed by atoms with Crippen molar-refractivity contribution < 1.29 is 10.2 Å². The van der Waals surface area contributed by atoms with E-state index in [9.17, 15) is 10.2 Å². The molecule has 0 unspecified atom stereocenters. The predicted molar refractivity (Wildman–Crippen MR) is 118 cm³/mol.